The van der Waals surface area contributed by atoms with Gasteiger partial charge in [0.1, 0.15) is 0 Å². The minimum Gasteiger partial charge on any atom is -0.309 e. The van der Waals surface area contributed by atoms with Crippen LogP contribution in [0.5, 0.6) is 0 Å². The van der Waals surface area contributed by atoms with E-state index in [1.54, 1.807) is 0 Å². The van der Waals surface area contributed by atoms with Crippen molar-refractivity contribution in [2.45, 2.75) is 19.3 Å². The van der Waals surface area contributed by atoms with Gasteiger partial charge in [-0.2, -0.15) is 0 Å². The van der Waals surface area contributed by atoms with Crippen molar-refractivity contribution in [1.82, 2.24) is 15.2 Å². The molecule has 3 N–H and O–H groups in total. The van der Waals surface area contributed by atoms with E-state index in [1.807, 2.05) is 0 Å². The zero-order valence-electron chi connectivity index (χ0n) is 10.4. The average Bonchev–Trinajstić information content (AvgIpc) is 2.27. The highest BCUT2D eigenvalue weighted by molar-refractivity contribution is 5.75. The van der Waals surface area contributed by atoms with Crippen molar-refractivity contribution in [3.8, 4) is 0 Å². The van der Waals surface area contributed by atoms with Gasteiger partial charge < -0.3 is 9.80 Å². The summed E-state index contributed by atoms with van der Waals surface area (Å²) in [5.74, 6) is 5.78. The quantitative estimate of drug-likeness (QED) is 0.383. The molecule has 1 fully saturated rings. The molecular formula is C11H24N4O. The second kappa shape index (κ2) is 6.83. The first-order valence-corrected chi connectivity index (χ1v) is 5.98. The Balaban J connectivity index is 2.14. The van der Waals surface area contributed by atoms with Gasteiger partial charge in [-0.1, -0.05) is 0 Å². The van der Waals surface area contributed by atoms with Crippen molar-refractivity contribution < 1.29 is 4.79 Å². The lowest BCUT2D eigenvalue weighted by atomic mass is 9.96. The fourth-order valence-corrected chi connectivity index (χ4v) is 2.24. The van der Waals surface area contributed by atoms with E-state index in [-0.39, 0.29) is 5.91 Å². The molecule has 0 unspecified atom stereocenters. The summed E-state index contributed by atoms with van der Waals surface area (Å²) in [4.78, 5) is 15.6. The van der Waals surface area contributed by atoms with E-state index in [9.17, 15) is 4.79 Å². The molecule has 1 rings (SSSR count). The first kappa shape index (κ1) is 13.4. The molecule has 0 spiro atoms. The van der Waals surface area contributed by atoms with E-state index in [4.69, 9.17) is 5.84 Å². The standard InChI is InChI=1S/C11H24N4O/c1-14(2)9-10-3-6-15(7-4-10)8-5-11(16)13-12/h10H,3-9,12H2,1-2H3,(H,13,16). The van der Waals surface area contributed by atoms with Gasteiger partial charge in [-0.15, -0.1) is 0 Å². The molecule has 16 heavy (non-hydrogen) atoms. The van der Waals surface area contributed by atoms with Crippen LogP contribution in [0, 0.1) is 5.92 Å². The Labute approximate surface area is 97.9 Å². The summed E-state index contributed by atoms with van der Waals surface area (Å²) in [5.41, 5.74) is 2.17. The lowest BCUT2D eigenvalue weighted by Crippen LogP contribution is -2.39. The van der Waals surface area contributed by atoms with Gasteiger partial charge in [0.25, 0.3) is 0 Å². The van der Waals surface area contributed by atoms with Crippen LogP contribution in [0.1, 0.15) is 19.3 Å². The third kappa shape index (κ3) is 4.92. The van der Waals surface area contributed by atoms with Gasteiger partial charge in [0, 0.05) is 19.5 Å². The number of carbonyl (C=O) groups excluding carboxylic acids is 1. The average molecular weight is 228 g/mol. The van der Waals surface area contributed by atoms with Gasteiger partial charge in [-0.25, -0.2) is 5.84 Å². The van der Waals surface area contributed by atoms with Crippen LogP contribution in [0.25, 0.3) is 0 Å². The van der Waals surface area contributed by atoms with Gasteiger partial charge in [-0.05, 0) is 45.9 Å². The van der Waals surface area contributed by atoms with Crippen molar-refractivity contribution >= 4 is 5.91 Å². The highest BCUT2D eigenvalue weighted by Gasteiger charge is 2.19. The van der Waals surface area contributed by atoms with Gasteiger partial charge in [0.15, 0.2) is 0 Å². The van der Waals surface area contributed by atoms with E-state index in [0.717, 1.165) is 25.6 Å². The van der Waals surface area contributed by atoms with Crippen LogP contribution in [-0.2, 0) is 4.79 Å². The molecule has 5 heteroatoms. The number of carbonyl (C=O) groups is 1. The van der Waals surface area contributed by atoms with E-state index in [2.05, 4.69) is 29.3 Å². The Bertz CT molecular complexity index is 212. The van der Waals surface area contributed by atoms with Crippen LogP contribution in [0.2, 0.25) is 0 Å². The molecule has 5 nitrogen and oxygen atoms in total. The number of rotatable bonds is 5. The first-order chi connectivity index (χ1) is 7.61. The summed E-state index contributed by atoms with van der Waals surface area (Å²) in [6.45, 7) is 4.22. The maximum atomic E-state index is 11.0. The van der Waals surface area contributed by atoms with Crippen LogP contribution in [0.15, 0.2) is 0 Å². The molecule has 1 aliphatic heterocycles. The number of hydrazine groups is 1. The normalized spacial score (nSPS) is 19.0. The van der Waals surface area contributed by atoms with Crippen LogP contribution in [0.3, 0.4) is 0 Å². The lowest BCUT2D eigenvalue weighted by Gasteiger charge is -2.32. The smallest absolute Gasteiger partial charge is 0.235 e. The summed E-state index contributed by atoms with van der Waals surface area (Å²) in [6, 6.07) is 0. The molecule has 1 amide bonds. The molecule has 1 aliphatic rings. The van der Waals surface area contributed by atoms with Crippen molar-refractivity contribution in [3.63, 3.8) is 0 Å². The van der Waals surface area contributed by atoms with E-state index in [0.29, 0.717) is 6.42 Å². The minimum absolute atomic E-state index is 0.0737. The number of hydrogen-bond donors (Lipinski definition) is 2. The predicted molar refractivity (Wildman–Crippen MR) is 64.7 cm³/mol. The second-order valence-electron chi connectivity index (χ2n) is 4.86. The maximum absolute atomic E-state index is 11.0. The summed E-state index contributed by atoms with van der Waals surface area (Å²) in [6.07, 6.45) is 2.99. The fourth-order valence-electron chi connectivity index (χ4n) is 2.24. The van der Waals surface area contributed by atoms with Gasteiger partial charge in [-0.3, -0.25) is 10.2 Å². The molecule has 0 saturated carbocycles. The van der Waals surface area contributed by atoms with Gasteiger partial charge >= 0.3 is 0 Å². The fraction of sp³-hybridized carbons (Fsp3) is 0.909. The van der Waals surface area contributed by atoms with Crippen molar-refractivity contribution in [2.75, 3.05) is 40.3 Å². The zero-order valence-corrected chi connectivity index (χ0v) is 10.4. The zero-order chi connectivity index (χ0) is 12.0. The van der Waals surface area contributed by atoms with E-state index < -0.39 is 0 Å². The minimum atomic E-state index is -0.0737. The summed E-state index contributed by atoms with van der Waals surface area (Å²) in [5, 5.41) is 0. The third-order valence-electron chi connectivity index (χ3n) is 3.15. The maximum Gasteiger partial charge on any atom is 0.235 e. The van der Waals surface area contributed by atoms with Gasteiger partial charge in [0.05, 0.1) is 0 Å². The number of nitrogens with zero attached hydrogens (tertiary/aromatic N) is 2. The number of hydrogen-bond acceptors (Lipinski definition) is 4. The number of likely N-dealkylation sites (tertiary alicyclic amines) is 1. The SMILES string of the molecule is CN(C)CC1CCN(CCC(=O)NN)CC1. The Morgan fingerprint density at radius 2 is 2.06 bits per heavy atom. The highest BCUT2D eigenvalue weighted by atomic mass is 16.2. The van der Waals surface area contributed by atoms with Crippen LogP contribution >= 0.6 is 0 Å². The summed E-state index contributed by atoms with van der Waals surface area (Å²) < 4.78 is 0. The highest BCUT2D eigenvalue weighted by Crippen LogP contribution is 2.17. The summed E-state index contributed by atoms with van der Waals surface area (Å²) in [7, 11) is 4.25. The lowest BCUT2D eigenvalue weighted by molar-refractivity contribution is -0.121. The Hall–Kier alpha value is -0.650. The molecule has 1 heterocycles. The van der Waals surface area contributed by atoms with E-state index in [1.165, 1.54) is 19.4 Å². The monoisotopic (exact) mass is 228 g/mol. The molecule has 0 atom stereocenters. The van der Waals surface area contributed by atoms with E-state index >= 15 is 0 Å². The topological polar surface area (TPSA) is 61.6 Å². The largest absolute Gasteiger partial charge is 0.309 e. The Morgan fingerprint density at radius 3 is 2.56 bits per heavy atom. The number of nitrogens with two attached hydrogens (primary N) is 1. The number of amides is 1. The first-order valence-electron chi connectivity index (χ1n) is 5.98. The summed E-state index contributed by atoms with van der Waals surface area (Å²) >= 11 is 0. The molecule has 0 aromatic rings. The van der Waals surface area contributed by atoms with Crippen molar-refractivity contribution in [2.24, 2.45) is 11.8 Å². The second-order valence-corrected chi connectivity index (χ2v) is 4.86. The third-order valence-corrected chi connectivity index (χ3v) is 3.15. The molecule has 94 valence electrons. The molecule has 0 aromatic carbocycles. The van der Waals surface area contributed by atoms with Crippen molar-refractivity contribution in [3.05, 3.63) is 0 Å². The molecule has 0 radical (unpaired) electrons. The van der Waals surface area contributed by atoms with Crippen LogP contribution < -0.4 is 11.3 Å². The Kier molecular flexibility index (Phi) is 5.73. The van der Waals surface area contributed by atoms with Gasteiger partial charge in [0.2, 0.25) is 5.91 Å². The molecule has 0 aliphatic carbocycles. The molecular weight excluding hydrogens is 204 g/mol. The molecule has 0 aromatic heterocycles. The predicted octanol–water partition coefficient (Wildman–Crippen LogP) is -0.360. The number of piperidine rings is 1. The Morgan fingerprint density at radius 1 is 1.44 bits per heavy atom. The molecule has 1 saturated heterocycles. The van der Waals surface area contributed by atoms with Crippen LogP contribution in [0.4, 0.5) is 0 Å². The number of nitrogens with one attached hydrogen (secondary N) is 1. The van der Waals surface area contributed by atoms with Crippen LogP contribution in [-0.4, -0.2) is 56.0 Å². The molecule has 0 bridgehead atoms. The van der Waals surface area contributed by atoms with Crippen molar-refractivity contribution in [1.29, 1.82) is 0 Å².